The number of amides is 1. The number of para-hydroxylation sites is 1. The van der Waals surface area contributed by atoms with Gasteiger partial charge >= 0.3 is 11.7 Å². The SMILES string of the molecule is COc1ccc(N(C(=O)n2nnn(-c3c(F)cccc3F)c2=O)C2CCCCC2)cc1C=O. The van der Waals surface area contributed by atoms with Crippen molar-refractivity contribution in [1.82, 2.24) is 19.8 Å². The molecule has 1 aliphatic carbocycles. The molecule has 1 fully saturated rings. The molecule has 33 heavy (non-hydrogen) atoms. The number of aromatic nitrogens is 4. The third-order valence-electron chi connectivity index (χ3n) is 5.68. The average Bonchev–Trinajstić information content (AvgIpc) is 3.20. The van der Waals surface area contributed by atoms with Crippen LogP contribution >= 0.6 is 0 Å². The van der Waals surface area contributed by atoms with Crippen LogP contribution < -0.4 is 15.3 Å². The molecule has 172 valence electrons. The van der Waals surface area contributed by atoms with Crippen LogP contribution in [0.1, 0.15) is 42.5 Å². The van der Waals surface area contributed by atoms with Gasteiger partial charge in [0.25, 0.3) is 0 Å². The monoisotopic (exact) mass is 457 g/mol. The minimum absolute atomic E-state index is 0.230. The first-order valence-corrected chi connectivity index (χ1v) is 10.4. The van der Waals surface area contributed by atoms with Gasteiger partial charge in [0.2, 0.25) is 0 Å². The molecule has 1 aliphatic rings. The third-order valence-corrected chi connectivity index (χ3v) is 5.68. The Morgan fingerprint density at radius 1 is 1.12 bits per heavy atom. The molecule has 1 amide bonds. The van der Waals surface area contributed by atoms with E-state index in [2.05, 4.69) is 10.4 Å². The standard InChI is InChI=1S/C22H21F2N5O4/c1-33-19-11-10-16(12-14(19)13-30)27(15-6-3-2-4-7-15)21(31)29-22(32)28(25-26-29)20-17(23)8-5-9-18(20)24/h5,8-13,15H,2-4,6-7H2,1H3. The third kappa shape index (κ3) is 4.13. The Morgan fingerprint density at radius 3 is 2.45 bits per heavy atom. The van der Waals surface area contributed by atoms with Crippen molar-refractivity contribution >= 4 is 18.0 Å². The van der Waals surface area contributed by atoms with Crippen LogP contribution in [0.25, 0.3) is 5.69 Å². The number of nitrogens with zero attached hydrogens (tertiary/aromatic N) is 5. The van der Waals surface area contributed by atoms with Crippen LogP contribution in [-0.4, -0.2) is 45.3 Å². The summed E-state index contributed by atoms with van der Waals surface area (Å²) in [4.78, 5) is 39.3. The topological polar surface area (TPSA) is 99.3 Å². The molecule has 0 N–H and O–H groups in total. The number of halogens is 2. The lowest BCUT2D eigenvalue weighted by atomic mass is 9.94. The number of aldehydes is 1. The summed E-state index contributed by atoms with van der Waals surface area (Å²) in [7, 11) is 1.42. The minimum atomic E-state index is -1.12. The largest absolute Gasteiger partial charge is 0.496 e. The van der Waals surface area contributed by atoms with Gasteiger partial charge < -0.3 is 4.74 Å². The molecule has 0 aliphatic heterocycles. The molecule has 11 heteroatoms. The molecule has 0 spiro atoms. The summed E-state index contributed by atoms with van der Waals surface area (Å²) in [6, 6.07) is 6.63. The molecule has 2 aromatic carbocycles. The van der Waals surface area contributed by atoms with Gasteiger partial charge in [0.1, 0.15) is 11.4 Å². The van der Waals surface area contributed by atoms with Crippen molar-refractivity contribution in [2.75, 3.05) is 12.0 Å². The van der Waals surface area contributed by atoms with E-state index < -0.39 is 29.0 Å². The van der Waals surface area contributed by atoms with E-state index in [-0.39, 0.29) is 11.6 Å². The normalized spacial score (nSPS) is 14.2. The maximum absolute atomic E-state index is 14.2. The van der Waals surface area contributed by atoms with Crippen LogP contribution in [0.4, 0.5) is 19.3 Å². The zero-order valence-corrected chi connectivity index (χ0v) is 17.8. The maximum Gasteiger partial charge on any atom is 0.377 e. The van der Waals surface area contributed by atoms with E-state index in [9.17, 15) is 23.2 Å². The van der Waals surface area contributed by atoms with Gasteiger partial charge in [0.05, 0.1) is 12.7 Å². The number of hydrogen-bond acceptors (Lipinski definition) is 6. The molecular weight excluding hydrogens is 436 g/mol. The predicted octanol–water partition coefficient (Wildman–Crippen LogP) is 3.34. The average molecular weight is 457 g/mol. The first kappa shape index (κ1) is 22.3. The molecule has 1 aromatic heterocycles. The number of benzene rings is 2. The highest BCUT2D eigenvalue weighted by Gasteiger charge is 2.31. The number of rotatable bonds is 5. The molecule has 0 unspecified atom stereocenters. The van der Waals surface area contributed by atoms with Gasteiger partial charge in [0.15, 0.2) is 17.9 Å². The summed E-state index contributed by atoms with van der Waals surface area (Å²) in [6.45, 7) is 0. The molecule has 3 aromatic rings. The lowest BCUT2D eigenvalue weighted by molar-refractivity contribution is 0.112. The fourth-order valence-corrected chi connectivity index (χ4v) is 4.08. The quantitative estimate of drug-likeness (QED) is 0.431. The Hall–Kier alpha value is -3.89. The second-order valence-electron chi connectivity index (χ2n) is 7.64. The van der Waals surface area contributed by atoms with E-state index in [1.165, 1.54) is 18.1 Å². The van der Waals surface area contributed by atoms with E-state index in [1.807, 2.05) is 0 Å². The van der Waals surface area contributed by atoms with Gasteiger partial charge in [-0.15, -0.1) is 4.68 Å². The van der Waals surface area contributed by atoms with Gasteiger partial charge in [-0.05, 0) is 53.6 Å². The van der Waals surface area contributed by atoms with Crippen LogP contribution in [-0.2, 0) is 0 Å². The molecule has 1 saturated carbocycles. The van der Waals surface area contributed by atoms with Gasteiger partial charge in [-0.3, -0.25) is 9.69 Å². The fraction of sp³-hybridized carbons (Fsp3) is 0.318. The lowest BCUT2D eigenvalue weighted by Gasteiger charge is -2.33. The lowest BCUT2D eigenvalue weighted by Crippen LogP contribution is -2.47. The second kappa shape index (κ2) is 9.31. The maximum atomic E-state index is 14.2. The molecule has 1 heterocycles. The summed E-state index contributed by atoms with van der Waals surface area (Å²) in [6.07, 6.45) is 4.75. The highest BCUT2D eigenvalue weighted by molar-refractivity contribution is 5.95. The van der Waals surface area contributed by atoms with Crippen molar-refractivity contribution in [1.29, 1.82) is 0 Å². The summed E-state index contributed by atoms with van der Waals surface area (Å²) < 4.78 is 34.4. The first-order valence-electron chi connectivity index (χ1n) is 10.4. The number of hydrogen-bond donors (Lipinski definition) is 0. The van der Waals surface area contributed by atoms with E-state index >= 15 is 0 Å². The summed E-state index contributed by atoms with van der Waals surface area (Å²) >= 11 is 0. The molecule has 0 atom stereocenters. The van der Waals surface area contributed by atoms with Crippen LogP contribution in [0, 0.1) is 11.6 Å². The van der Waals surface area contributed by atoms with Crippen molar-refractivity contribution in [3.8, 4) is 11.4 Å². The molecule has 9 nitrogen and oxygen atoms in total. The number of carbonyl (C=O) groups is 2. The Balaban J connectivity index is 1.79. The van der Waals surface area contributed by atoms with Crippen LogP contribution in [0.2, 0.25) is 0 Å². The summed E-state index contributed by atoms with van der Waals surface area (Å²) in [5.41, 5.74) is -1.24. The summed E-state index contributed by atoms with van der Waals surface area (Å²) in [5, 5.41) is 7.11. The smallest absolute Gasteiger partial charge is 0.377 e. The van der Waals surface area contributed by atoms with E-state index in [1.54, 1.807) is 12.1 Å². The first-order chi connectivity index (χ1) is 16.0. The Labute approximate surface area is 187 Å². The zero-order chi connectivity index (χ0) is 23.5. The number of ether oxygens (including phenoxy) is 1. The van der Waals surface area contributed by atoms with Crippen molar-refractivity contribution < 1.29 is 23.1 Å². The molecule has 0 saturated heterocycles. The molecule has 0 bridgehead atoms. The van der Waals surface area contributed by atoms with Gasteiger partial charge in [-0.25, -0.2) is 18.4 Å². The van der Waals surface area contributed by atoms with Gasteiger partial charge in [0, 0.05) is 11.7 Å². The van der Waals surface area contributed by atoms with Gasteiger partial charge in [-0.2, -0.15) is 4.68 Å². The second-order valence-corrected chi connectivity index (χ2v) is 7.64. The summed E-state index contributed by atoms with van der Waals surface area (Å²) in [5.74, 6) is -1.71. The van der Waals surface area contributed by atoms with Crippen LogP contribution in [0.5, 0.6) is 5.75 Å². The van der Waals surface area contributed by atoms with E-state index in [4.69, 9.17) is 4.74 Å². The van der Waals surface area contributed by atoms with Crippen LogP contribution in [0.15, 0.2) is 41.2 Å². The molecule has 0 radical (unpaired) electrons. The van der Waals surface area contributed by atoms with Crippen molar-refractivity contribution in [2.24, 2.45) is 0 Å². The number of anilines is 1. The minimum Gasteiger partial charge on any atom is -0.496 e. The molecular formula is C22H21F2N5O4. The van der Waals surface area contributed by atoms with E-state index in [0.717, 1.165) is 37.5 Å². The Morgan fingerprint density at radius 2 is 1.82 bits per heavy atom. The number of carbonyl (C=O) groups excluding carboxylic acids is 2. The van der Waals surface area contributed by atoms with Crippen molar-refractivity contribution in [3.05, 3.63) is 64.1 Å². The van der Waals surface area contributed by atoms with Gasteiger partial charge in [-0.1, -0.05) is 25.3 Å². The predicted molar refractivity (Wildman–Crippen MR) is 114 cm³/mol. The fourth-order valence-electron chi connectivity index (χ4n) is 4.08. The van der Waals surface area contributed by atoms with Crippen LogP contribution in [0.3, 0.4) is 0 Å². The highest BCUT2D eigenvalue weighted by Crippen LogP contribution is 2.31. The highest BCUT2D eigenvalue weighted by atomic mass is 19.1. The Bertz CT molecular complexity index is 1230. The molecule has 4 rings (SSSR count). The zero-order valence-electron chi connectivity index (χ0n) is 17.8. The van der Waals surface area contributed by atoms with Crippen molar-refractivity contribution in [3.63, 3.8) is 0 Å². The Kier molecular flexibility index (Phi) is 6.29. The van der Waals surface area contributed by atoms with Crippen molar-refractivity contribution in [2.45, 2.75) is 38.1 Å². The number of tetrazole rings is 1. The van der Waals surface area contributed by atoms with E-state index in [0.29, 0.717) is 39.9 Å². The number of methoxy groups -OCH3 is 1.